The number of piperazine rings is 1. The summed E-state index contributed by atoms with van der Waals surface area (Å²) in [6.45, 7) is 3.63. The summed E-state index contributed by atoms with van der Waals surface area (Å²) in [4.78, 5) is 32.6. The number of anilines is 1. The second-order valence-electron chi connectivity index (χ2n) is 9.56. The number of aliphatic imine (C=N–C) groups is 1. The average molecular weight is 551 g/mol. The Hall–Kier alpha value is -4.63. The molecule has 1 amide bonds. The van der Waals surface area contributed by atoms with E-state index >= 15 is 0 Å². The van der Waals surface area contributed by atoms with Gasteiger partial charge in [0.2, 0.25) is 0 Å². The minimum Gasteiger partial charge on any atom is -0.489 e. The second kappa shape index (κ2) is 11.2. The van der Waals surface area contributed by atoms with E-state index in [4.69, 9.17) is 4.74 Å². The van der Waals surface area contributed by atoms with E-state index in [-0.39, 0.29) is 11.6 Å². The SMILES string of the molecule is O=C1N=C(N2CCN(c3cccc4ccccc34)CC2)S/C1=C/c1ccc(OCc2ccc([N+](=O)[O-])cc2)cc1. The van der Waals surface area contributed by atoms with Crippen LogP contribution in [0.1, 0.15) is 11.1 Å². The molecule has 0 aromatic heterocycles. The summed E-state index contributed by atoms with van der Waals surface area (Å²) in [5.74, 6) is 0.460. The lowest BCUT2D eigenvalue weighted by Gasteiger charge is -2.37. The van der Waals surface area contributed by atoms with Crippen LogP contribution < -0.4 is 9.64 Å². The topological polar surface area (TPSA) is 88.3 Å². The van der Waals surface area contributed by atoms with Crippen molar-refractivity contribution in [2.45, 2.75) is 6.61 Å². The molecule has 0 unspecified atom stereocenters. The number of amides is 1. The molecule has 2 heterocycles. The van der Waals surface area contributed by atoms with Crippen molar-refractivity contribution >= 4 is 51.1 Å². The Labute approximate surface area is 235 Å². The number of benzene rings is 4. The molecular weight excluding hydrogens is 524 g/mol. The van der Waals surface area contributed by atoms with Gasteiger partial charge in [-0.05, 0) is 64.7 Å². The van der Waals surface area contributed by atoms with Gasteiger partial charge in [0, 0.05) is 49.4 Å². The molecule has 4 aromatic carbocycles. The number of hydrogen-bond donors (Lipinski definition) is 0. The van der Waals surface area contributed by atoms with E-state index in [0.717, 1.165) is 42.5 Å². The zero-order valence-corrected chi connectivity index (χ0v) is 22.4. The Bertz CT molecular complexity index is 1620. The lowest BCUT2D eigenvalue weighted by Crippen LogP contribution is -2.47. The number of thioether (sulfide) groups is 1. The first kappa shape index (κ1) is 25.6. The number of ether oxygens (including phenoxy) is 1. The van der Waals surface area contributed by atoms with E-state index in [1.807, 2.05) is 30.3 Å². The number of non-ortho nitro benzene ring substituents is 1. The summed E-state index contributed by atoms with van der Waals surface area (Å²) in [7, 11) is 0. The van der Waals surface area contributed by atoms with Gasteiger partial charge in [-0.3, -0.25) is 14.9 Å². The molecule has 0 N–H and O–H groups in total. The van der Waals surface area contributed by atoms with Crippen molar-refractivity contribution in [2.75, 3.05) is 31.1 Å². The third-order valence-corrected chi connectivity index (χ3v) is 8.04. The molecule has 0 aliphatic carbocycles. The Morgan fingerprint density at radius 2 is 1.57 bits per heavy atom. The van der Waals surface area contributed by atoms with Crippen molar-refractivity contribution in [1.82, 2.24) is 4.90 Å². The zero-order chi connectivity index (χ0) is 27.5. The summed E-state index contributed by atoms with van der Waals surface area (Å²) in [6, 6.07) is 28.6. The van der Waals surface area contributed by atoms with Crippen molar-refractivity contribution in [1.29, 1.82) is 0 Å². The Morgan fingerprint density at radius 3 is 2.33 bits per heavy atom. The lowest BCUT2D eigenvalue weighted by molar-refractivity contribution is -0.384. The Kier molecular flexibility index (Phi) is 7.20. The summed E-state index contributed by atoms with van der Waals surface area (Å²) < 4.78 is 5.80. The van der Waals surface area contributed by atoms with E-state index in [1.54, 1.807) is 12.1 Å². The van der Waals surface area contributed by atoms with Crippen LogP contribution in [0.3, 0.4) is 0 Å². The van der Waals surface area contributed by atoms with Crippen molar-refractivity contribution in [3.63, 3.8) is 0 Å². The van der Waals surface area contributed by atoms with Crippen molar-refractivity contribution < 1.29 is 14.5 Å². The molecule has 2 aliphatic heterocycles. The number of hydrogen-bond acceptors (Lipinski definition) is 7. The van der Waals surface area contributed by atoms with Crippen LogP contribution in [0.4, 0.5) is 11.4 Å². The molecule has 8 nitrogen and oxygen atoms in total. The number of carbonyl (C=O) groups excluding carboxylic acids is 1. The van der Waals surface area contributed by atoms with Gasteiger partial charge >= 0.3 is 0 Å². The summed E-state index contributed by atoms with van der Waals surface area (Å²) >= 11 is 1.42. The molecule has 4 aromatic rings. The number of carbonyl (C=O) groups is 1. The van der Waals surface area contributed by atoms with E-state index in [0.29, 0.717) is 17.3 Å². The fourth-order valence-corrected chi connectivity index (χ4v) is 5.81. The molecule has 1 saturated heterocycles. The van der Waals surface area contributed by atoms with E-state index in [9.17, 15) is 14.9 Å². The first-order valence-corrected chi connectivity index (χ1v) is 13.8. The average Bonchev–Trinajstić information content (AvgIpc) is 3.36. The summed E-state index contributed by atoms with van der Waals surface area (Å²) in [5.41, 5.74) is 3.02. The van der Waals surface area contributed by atoms with Gasteiger partial charge < -0.3 is 14.5 Å². The Balaban J connectivity index is 1.04. The minimum atomic E-state index is -0.424. The standard InChI is InChI=1S/C31H26N4O4S/c36-30-29(20-22-10-14-26(15-11-22)39-21-23-8-12-25(13-9-23)35(37)38)40-31(32-30)34-18-16-33(17-19-34)28-7-3-5-24-4-1-2-6-27(24)28/h1-15,20H,16-19,21H2/b29-20+. The van der Waals surface area contributed by atoms with Crippen LogP contribution >= 0.6 is 11.8 Å². The first-order chi connectivity index (χ1) is 19.5. The highest BCUT2D eigenvalue weighted by molar-refractivity contribution is 8.18. The Morgan fingerprint density at radius 1 is 0.875 bits per heavy atom. The maximum atomic E-state index is 12.7. The number of nitro benzene ring substituents is 1. The molecule has 0 radical (unpaired) electrons. The molecule has 40 heavy (non-hydrogen) atoms. The maximum absolute atomic E-state index is 12.7. The number of amidine groups is 1. The molecule has 9 heteroatoms. The van der Waals surface area contributed by atoms with Crippen molar-refractivity contribution in [3.8, 4) is 5.75 Å². The highest BCUT2D eigenvalue weighted by Crippen LogP contribution is 2.32. The highest BCUT2D eigenvalue weighted by Gasteiger charge is 2.28. The number of fused-ring (bicyclic) bond motifs is 1. The van der Waals surface area contributed by atoms with Crippen LogP contribution in [0.15, 0.2) is 101 Å². The fourth-order valence-electron chi connectivity index (χ4n) is 4.85. The zero-order valence-electron chi connectivity index (χ0n) is 21.6. The van der Waals surface area contributed by atoms with Crippen LogP contribution in [0, 0.1) is 10.1 Å². The molecule has 1 fully saturated rings. The molecular formula is C31H26N4O4S. The molecule has 200 valence electrons. The molecule has 0 spiro atoms. The monoisotopic (exact) mass is 550 g/mol. The van der Waals surface area contributed by atoms with Crippen molar-refractivity contribution in [3.05, 3.63) is 117 Å². The van der Waals surface area contributed by atoms with Gasteiger partial charge in [-0.25, -0.2) is 0 Å². The lowest BCUT2D eigenvalue weighted by atomic mass is 10.1. The summed E-state index contributed by atoms with van der Waals surface area (Å²) in [6.07, 6.45) is 1.86. The van der Waals surface area contributed by atoms with Gasteiger partial charge in [0.1, 0.15) is 12.4 Å². The van der Waals surface area contributed by atoms with E-state index in [2.05, 4.69) is 57.3 Å². The van der Waals surface area contributed by atoms with Gasteiger partial charge in [0.05, 0.1) is 9.83 Å². The van der Waals surface area contributed by atoms with Crippen LogP contribution in [0.25, 0.3) is 16.8 Å². The third-order valence-electron chi connectivity index (χ3n) is 7.00. The van der Waals surface area contributed by atoms with Crippen molar-refractivity contribution in [2.24, 2.45) is 4.99 Å². The number of nitro groups is 1. The second-order valence-corrected chi connectivity index (χ2v) is 10.6. The third kappa shape index (κ3) is 5.55. The number of nitrogens with zero attached hydrogens (tertiary/aromatic N) is 4. The first-order valence-electron chi connectivity index (χ1n) is 13.0. The highest BCUT2D eigenvalue weighted by atomic mass is 32.2. The normalized spacial score (nSPS) is 16.4. The largest absolute Gasteiger partial charge is 0.489 e. The molecule has 0 saturated carbocycles. The van der Waals surface area contributed by atoms with Gasteiger partial charge in [-0.1, -0.05) is 48.5 Å². The smallest absolute Gasteiger partial charge is 0.286 e. The predicted octanol–water partition coefficient (Wildman–Crippen LogP) is 6.12. The molecule has 2 aliphatic rings. The van der Waals surface area contributed by atoms with E-state index < -0.39 is 4.92 Å². The summed E-state index contributed by atoms with van der Waals surface area (Å²) in [5, 5.41) is 14.1. The quantitative estimate of drug-likeness (QED) is 0.162. The van der Waals surface area contributed by atoms with Crippen LogP contribution in [-0.4, -0.2) is 47.1 Å². The maximum Gasteiger partial charge on any atom is 0.286 e. The van der Waals surface area contributed by atoms with Crippen LogP contribution in [0.2, 0.25) is 0 Å². The molecule has 0 atom stereocenters. The van der Waals surface area contributed by atoms with E-state index in [1.165, 1.54) is 40.4 Å². The predicted molar refractivity (Wildman–Crippen MR) is 160 cm³/mol. The van der Waals surface area contributed by atoms with Gasteiger partial charge in [-0.2, -0.15) is 4.99 Å². The van der Waals surface area contributed by atoms with Crippen LogP contribution in [0.5, 0.6) is 5.75 Å². The minimum absolute atomic E-state index is 0.0517. The fraction of sp³-hybridized carbons (Fsp3) is 0.161. The van der Waals surface area contributed by atoms with Gasteiger partial charge in [0.25, 0.3) is 11.6 Å². The molecule has 6 rings (SSSR count). The van der Waals surface area contributed by atoms with Gasteiger partial charge in [-0.15, -0.1) is 0 Å². The van der Waals surface area contributed by atoms with Gasteiger partial charge in [0.15, 0.2) is 5.17 Å². The molecule has 0 bridgehead atoms. The van der Waals surface area contributed by atoms with Crippen LogP contribution in [-0.2, 0) is 11.4 Å². The number of rotatable bonds is 6.